The topological polar surface area (TPSA) is 36.4 Å². The van der Waals surface area contributed by atoms with Crippen LogP contribution in [0.3, 0.4) is 0 Å². The summed E-state index contributed by atoms with van der Waals surface area (Å²) in [6, 6.07) is 11.2. The first-order chi connectivity index (χ1) is 11.6. The van der Waals surface area contributed by atoms with Crippen molar-refractivity contribution in [2.24, 2.45) is 0 Å². The van der Waals surface area contributed by atoms with E-state index in [4.69, 9.17) is 0 Å². The predicted molar refractivity (Wildman–Crippen MR) is 95.8 cm³/mol. The molecule has 2 saturated heterocycles. The molecule has 0 aliphatic carbocycles. The molecule has 2 aliphatic heterocycles. The number of aromatic nitrogens is 1. The van der Waals surface area contributed by atoms with Gasteiger partial charge >= 0.3 is 0 Å². The Balaban J connectivity index is 1.47. The molecule has 1 amide bonds. The van der Waals surface area contributed by atoms with Crippen LogP contribution >= 0.6 is 11.3 Å². The van der Waals surface area contributed by atoms with Crippen molar-refractivity contribution in [2.75, 3.05) is 6.54 Å². The number of fused-ring (bicyclic) bond motifs is 1. The fourth-order valence-corrected chi connectivity index (χ4v) is 4.96. The van der Waals surface area contributed by atoms with Crippen LogP contribution in [0.15, 0.2) is 30.3 Å². The highest BCUT2D eigenvalue weighted by molar-refractivity contribution is 7.11. The van der Waals surface area contributed by atoms with Crippen LogP contribution < -0.4 is 0 Å². The average molecular weight is 341 g/mol. The van der Waals surface area contributed by atoms with Crippen molar-refractivity contribution < 1.29 is 4.79 Å². The smallest absolute Gasteiger partial charge is 0.224 e. The summed E-state index contributed by atoms with van der Waals surface area (Å²) < 4.78 is 0. The molecule has 4 rings (SSSR count). The van der Waals surface area contributed by atoms with E-state index >= 15 is 0 Å². The summed E-state index contributed by atoms with van der Waals surface area (Å²) in [6.07, 6.45) is 1.73. The minimum atomic E-state index is 0.278. The Kier molecular flexibility index (Phi) is 4.14. The Bertz CT molecular complexity index is 757. The van der Waals surface area contributed by atoms with Gasteiger partial charge in [-0.05, 0) is 44.5 Å². The van der Waals surface area contributed by atoms with Crippen LogP contribution in [0.1, 0.15) is 34.0 Å². The van der Waals surface area contributed by atoms with Crippen molar-refractivity contribution in [1.82, 2.24) is 14.8 Å². The lowest BCUT2D eigenvalue weighted by Gasteiger charge is -2.25. The lowest BCUT2D eigenvalue weighted by molar-refractivity contribution is -0.129. The van der Waals surface area contributed by atoms with E-state index in [1.165, 1.54) is 9.75 Å². The lowest BCUT2D eigenvalue weighted by Crippen LogP contribution is -2.36. The van der Waals surface area contributed by atoms with E-state index in [2.05, 4.69) is 33.8 Å². The Hall–Kier alpha value is -1.72. The summed E-state index contributed by atoms with van der Waals surface area (Å²) in [5.41, 5.74) is 2.01. The molecule has 0 bridgehead atoms. The normalized spacial score (nSPS) is 23.9. The number of aryl methyl sites for hydroxylation is 2. The number of pyridine rings is 1. The molecule has 0 aromatic carbocycles. The summed E-state index contributed by atoms with van der Waals surface area (Å²) in [4.78, 5) is 24.4. The molecular weight excluding hydrogens is 318 g/mol. The Labute approximate surface area is 147 Å². The van der Waals surface area contributed by atoms with Crippen molar-refractivity contribution in [3.63, 3.8) is 0 Å². The molecular formula is C19H23N3OS. The first kappa shape index (κ1) is 15.8. The van der Waals surface area contributed by atoms with Gasteiger partial charge in [0.25, 0.3) is 0 Å². The number of hydrogen-bond acceptors (Lipinski definition) is 4. The van der Waals surface area contributed by atoms with E-state index in [-0.39, 0.29) is 5.91 Å². The fourth-order valence-electron chi connectivity index (χ4n) is 4.04. The fraction of sp³-hybridized carbons (Fsp3) is 0.474. The second kappa shape index (κ2) is 6.30. The second-order valence-electron chi connectivity index (χ2n) is 6.90. The van der Waals surface area contributed by atoms with Gasteiger partial charge in [-0.3, -0.25) is 14.7 Å². The standard InChI is InChI=1S/C19H23N3OS/c1-13-4-3-5-15(20-13)11-22-17-8-9-21(18(17)10-19(22)23)12-16-7-6-14(2)24-16/h3-7,17-18H,8-12H2,1-2H3/t17-,18-/m1/s1. The van der Waals surface area contributed by atoms with Crippen molar-refractivity contribution in [1.29, 1.82) is 0 Å². The van der Waals surface area contributed by atoms with Crippen LogP contribution in [0, 0.1) is 13.8 Å². The van der Waals surface area contributed by atoms with Gasteiger partial charge in [0.2, 0.25) is 5.91 Å². The van der Waals surface area contributed by atoms with Gasteiger partial charge in [-0.1, -0.05) is 6.07 Å². The molecule has 0 radical (unpaired) electrons. The van der Waals surface area contributed by atoms with Crippen LogP contribution in [0.4, 0.5) is 0 Å². The van der Waals surface area contributed by atoms with Gasteiger partial charge in [0.1, 0.15) is 0 Å². The molecule has 2 aliphatic rings. The summed E-state index contributed by atoms with van der Waals surface area (Å²) in [6.45, 7) is 6.85. The van der Waals surface area contributed by atoms with Crippen molar-refractivity contribution in [3.05, 3.63) is 51.5 Å². The number of hydrogen-bond donors (Lipinski definition) is 0. The summed E-state index contributed by atoms with van der Waals surface area (Å²) in [7, 11) is 0. The molecule has 2 aromatic rings. The van der Waals surface area contributed by atoms with Gasteiger partial charge in [0, 0.05) is 47.0 Å². The molecule has 4 heterocycles. The Morgan fingerprint density at radius 1 is 1.17 bits per heavy atom. The van der Waals surface area contributed by atoms with E-state index < -0.39 is 0 Å². The number of thiophene rings is 1. The quantitative estimate of drug-likeness (QED) is 0.857. The van der Waals surface area contributed by atoms with Crippen molar-refractivity contribution >= 4 is 17.2 Å². The molecule has 0 N–H and O–H groups in total. The van der Waals surface area contributed by atoms with Crippen LogP contribution in [0.5, 0.6) is 0 Å². The maximum Gasteiger partial charge on any atom is 0.224 e. The molecule has 24 heavy (non-hydrogen) atoms. The molecule has 0 saturated carbocycles. The number of likely N-dealkylation sites (tertiary alicyclic amines) is 2. The zero-order chi connectivity index (χ0) is 16.7. The molecule has 126 valence electrons. The lowest BCUT2D eigenvalue weighted by atomic mass is 10.1. The van der Waals surface area contributed by atoms with Gasteiger partial charge in [0.15, 0.2) is 0 Å². The third-order valence-corrected chi connectivity index (χ3v) is 6.15. The monoisotopic (exact) mass is 341 g/mol. The molecule has 2 atom stereocenters. The van der Waals surface area contributed by atoms with Gasteiger partial charge in [0.05, 0.1) is 12.2 Å². The van der Waals surface area contributed by atoms with E-state index in [0.29, 0.717) is 25.0 Å². The van der Waals surface area contributed by atoms with Gasteiger partial charge in [-0.2, -0.15) is 0 Å². The number of nitrogens with zero attached hydrogens (tertiary/aromatic N) is 3. The van der Waals surface area contributed by atoms with E-state index in [1.807, 2.05) is 36.5 Å². The highest BCUT2D eigenvalue weighted by Gasteiger charge is 2.46. The van der Waals surface area contributed by atoms with Crippen molar-refractivity contribution in [2.45, 2.75) is 51.9 Å². The molecule has 5 heteroatoms. The first-order valence-electron chi connectivity index (χ1n) is 8.61. The third-order valence-electron chi connectivity index (χ3n) is 5.16. The van der Waals surface area contributed by atoms with Gasteiger partial charge in [-0.15, -0.1) is 11.3 Å². The second-order valence-corrected chi connectivity index (χ2v) is 8.27. The van der Waals surface area contributed by atoms with Gasteiger partial charge in [-0.25, -0.2) is 0 Å². The maximum absolute atomic E-state index is 12.6. The summed E-state index contributed by atoms with van der Waals surface area (Å²) in [5, 5.41) is 0. The predicted octanol–water partition coefficient (Wildman–Crippen LogP) is 3.14. The van der Waals surface area contributed by atoms with Crippen LogP contribution in [0.25, 0.3) is 0 Å². The Morgan fingerprint density at radius 2 is 2.04 bits per heavy atom. The number of amides is 1. The largest absolute Gasteiger partial charge is 0.332 e. The van der Waals surface area contributed by atoms with Crippen LogP contribution in [0.2, 0.25) is 0 Å². The molecule has 0 spiro atoms. The molecule has 0 unspecified atom stereocenters. The SMILES string of the molecule is Cc1cccc(CN2C(=O)C[C@@H]3[C@H]2CCN3Cc2ccc(C)s2)n1. The average Bonchev–Trinajstić information content (AvgIpc) is 3.20. The van der Waals surface area contributed by atoms with E-state index in [9.17, 15) is 4.79 Å². The van der Waals surface area contributed by atoms with Crippen molar-refractivity contribution in [3.8, 4) is 0 Å². The summed E-state index contributed by atoms with van der Waals surface area (Å²) >= 11 is 1.86. The minimum absolute atomic E-state index is 0.278. The maximum atomic E-state index is 12.6. The molecule has 2 fully saturated rings. The van der Waals surface area contributed by atoms with Crippen LogP contribution in [-0.2, 0) is 17.9 Å². The number of carbonyl (C=O) groups is 1. The van der Waals surface area contributed by atoms with E-state index in [0.717, 1.165) is 30.9 Å². The number of rotatable bonds is 4. The number of carbonyl (C=O) groups excluding carboxylic acids is 1. The third kappa shape index (κ3) is 2.98. The minimum Gasteiger partial charge on any atom is -0.332 e. The molecule has 4 nitrogen and oxygen atoms in total. The molecule has 2 aromatic heterocycles. The highest BCUT2D eigenvalue weighted by Crippen LogP contribution is 2.35. The highest BCUT2D eigenvalue weighted by atomic mass is 32.1. The van der Waals surface area contributed by atoms with Crippen LogP contribution in [-0.4, -0.2) is 39.3 Å². The zero-order valence-corrected chi connectivity index (χ0v) is 15.1. The first-order valence-corrected chi connectivity index (χ1v) is 9.43. The summed E-state index contributed by atoms with van der Waals surface area (Å²) in [5.74, 6) is 0.278. The van der Waals surface area contributed by atoms with Gasteiger partial charge < -0.3 is 4.90 Å². The van der Waals surface area contributed by atoms with E-state index in [1.54, 1.807) is 0 Å². The zero-order valence-electron chi connectivity index (χ0n) is 14.2. The Morgan fingerprint density at radius 3 is 2.79 bits per heavy atom.